The Hall–Kier alpha value is -3.10. The van der Waals surface area contributed by atoms with Crippen LogP contribution in [-0.4, -0.2) is 23.4 Å². The Morgan fingerprint density at radius 2 is 1.96 bits per heavy atom. The van der Waals surface area contributed by atoms with Crippen molar-refractivity contribution in [3.63, 3.8) is 0 Å². The Balaban J connectivity index is 2.16. The maximum Gasteiger partial charge on any atom is 0.243 e. The number of hydrogen-bond donors (Lipinski definition) is 2. The van der Waals surface area contributed by atoms with Gasteiger partial charge in [-0.05, 0) is 19.1 Å². The van der Waals surface area contributed by atoms with Crippen LogP contribution < -0.4 is 10.6 Å². The Morgan fingerprint density at radius 3 is 2.56 bits per heavy atom. The Morgan fingerprint density at radius 1 is 1.30 bits per heavy atom. The summed E-state index contributed by atoms with van der Waals surface area (Å²) in [7, 11) is 0. The second-order valence-electron chi connectivity index (χ2n) is 6.53. The van der Waals surface area contributed by atoms with Crippen LogP contribution in [-0.2, 0) is 9.59 Å². The molecule has 0 saturated heterocycles. The van der Waals surface area contributed by atoms with Crippen LogP contribution in [0.1, 0.15) is 31.1 Å². The summed E-state index contributed by atoms with van der Waals surface area (Å²) in [6.45, 7) is 4.72. The number of nitrogens with one attached hydrogen (secondary N) is 2. The predicted molar refractivity (Wildman–Crippen MR) is 101 cm³/mol. The number of carbonyl (C=O) groups is 3. The van der Waals surface area contributed by atoms with Crippen LogP contribution in [0, 0.1) is 34.0 Å². The van der Waals surface area contributed by atoms with Crippen molar-refractivity contribution in [2.24, 2.45) is 11.3 Å². The third-order valence-corrected chi connectivity index (χ3v) is 5.26. The molecule has 8 heteroatoms. The fourth-order valence-electron chi connectivity index (χ4n) is 2.76. The van der Waals surface area contributed by atoms with Crippen molar-refractivity contribution in [3.8, 4) is 12.1 Å². The first-order valence-corrected chi connectivity index (χ1v) is 9.08. The second kappa shape index (κ2) is 8.07. The molecule has 0 radical (unpaired) electrons. The summed E-state index contributed by atoms with van der Waals surface area (Å²) in [5.41, 5.74) is 0.112. The van der Waals surface area contributed by atoms with E-state index in [0.29, 0.717) is 11.3 Å². The van der Waals surface area contributed by atoms with Crippen molar-refractivity contribution in [3.05, 3.63) is 40.4 Å². The molecule has 0 saturated carbocycles. The third kappa shape index (κ3) is 4.18. The molecule has 1 heterocycles. The average molecular weight is 382 g/mol. The summed E-state index contributed by atoms with van der Waals surface area (Å²) < 4.78 is 0. The van der Waals surface area contributed by atoms with Crippen LogP contribution in [0.4, 0.5) is 5.69 Å². The number of amides is 2. The summed E-state index contributed by atoms with van der Waals surface area (Å²) >= 11 is 1.01. The molecule has 2 N–H and O–H groups in total. The lowest BCUT2D eigenvalue weighted by molar-refractivity contribution is -0.125. The first-order valence-electron chi connectivity index (χ1n) is 8.10. The molecular weight excluding hydrogens is 364 g/mol. The number of thioether (sulfide) groups is 1. The Kier molecular flexibility index (Phi) is 6.04. The fraction of sp³-hybridized carbons (Fsp3) is 0.316. The van der Waals surface area contributed by atoms with Gasteiger partial charge in [0.05, 0.1) is 34.2 Å². The van der Waals surface area contributed by atoms with E-state index in [4.69, 9.17) is 0 Å². The van der Waals surface area contributed by atoms with Crippen LogP contribution in [0.5, 0.6) is 0 Å². The monoisotopic (exact) mass is 382 g/mol. The lowest BCUT2D eigenvalue weighted by atomic mass is 9.72. The van der Waals surface area contributed by atoms with Crippen molar-refractivity contribution in [1.82, 2.24) is 5.32 Å². The van der Waals surface area contributed by atoms with Crippen LogP contribution >= 0.6 is 11.8 Å². The number of rotatable bonds is 5. The Labute approximate surface area is 161 Å². The zero-order valence-electron chi connectivity index (χ0n) is 15.1. The molecule has 2 rings (SSSR count). The van der Waals surface area contributed by atoms with Gasteiger partial charge >= 0.3 is 0 Å². The number of benzene rings is 1. The number of anilines is 1. The highest BCUT2D eigenvalue weighted by Gasteiger charge is 2.44. The number of nitriles is 2. The van der Waals surface area contributed by atoms with E-state index in [9.17, 15) is 24.9 Å². The van der Waals surface area contributed by atoms with Crippen LogP contribution in [0.25, 0.3) is 0 Å². The molecular formula is C19H18N4O3S. The number of para-hydroxylation sites is 1. The van der Waals surface area contributed by atoms with Crippen molar-refractivity contribution >= 4 is 35.0 Å². The summed E-state index contributed by atoms with van der Waals surface area (Å²) in [5.74, 6) is -2.09. The quantitative estimate of drug-likeness (QED) is 0.755. The zero-order valence-corrected chi connectivity index (χ0v) is 15.9. The average Bonchev–Trinajstić information content (AvgIpc) is 2.59. The SMILES string of the molecule is CC(=O)c1ccccc1NC(=O)CSC1=C(C#N)C(C)(C)[C@H](C#N)C(=O)N1. The maximum atomic E-state index is 12.3. The van der Waals surface area contributed by atoms with Crippen LogP contribution in [0.3, 0.4) is 0 Å². The van der Waals surface area contributed by atoms with Gasteiger partial charge in [-0.25, -0.2) is 0 Å². The minimum absolute atomic E-state index is 0.0691. The van der Waals surface area contributed by atoms with E-state index >= 15 is 0 Å². The number of nitrogens with zero attached hydrogens (tertiary/aromatic N) is 2. The standard InChI is InChI=1S/C19H18N4O3S/c1-11(24)12-6-4-5-7-15(12)22-16(25)10-27-18-14(9-21)19(2,3)13(8-20)17(26)23-18/h4-7,13H,10H2,1-3H3,(H,22,25)(H,23,26)/t13-/m1/s1. The molecule has 7 nitrogen and oxygen atoms in total. The van der Waals surface area contributed by atoms with Crippen LogP contribution in [0.15, 0.2) is 34.9 Å². The van der Waals surface area contributed by atoms with Crippen molar-refractivity contribution < 1.29 is 14.4 Å². The molecule has 1 aliphatic heterocycles. The topological polar surface area (TPSA) is 123 Å². The van der Waals surface area contributed by atoms with Gasteiger partial charge in [0.15, 0.2) is 5.78 Å². The van der Waals surface area contributed by atoms with Gasteiger partial charge in [0.1, 0.15) is 5.92 Å². The molecule has 138 valence electrons. The first kappa shape index (κ1) is 20.2. The third-order valence-electron chi connectivity index (χ3n) is 4.26. The molecule has 1 aliphatic rings. The number of hydrogen-bond acceptors (Lipinski definition) is 6. The lowest BCUT2D eigenvalue weighted by Crippen LogP contribution is -2.44. The largest absolute Gasteiger partial charge is 0.325 e. The van der Waals surface area contributed by atoms with Gasteiger partial charge in [-0.15, -0.1) is 0 Å². The molecule has 0 fully saturated rings. The molecule has 1 aromatic rings. The molecule has 2 amide bonds. The van der Waals surface area contributed by atoms with E-state index in [2.05, 4.69) is 10.6 Å². The van der Waals surface area contributed by atoms with E-state index in [-0.39, 0.29) is 28.0 Å². The Bertz CT molecular complexity index is 922. The highest BCUT2D eigenvalue weighted by molar-refractivity contribution is 8.03. The van der Waals surface area contributed by atoms with Gasteiger partial charge in [0.2, 0.25) is 11.8 Å². The highest BCUT2D eigenvalue weighted by Crippen LogP contribution is 2.41. The minimum atomic E-state index is -0.979. The van der Waals surface area contributed by atoms with Crippen LogP contribution in [0.2, 0.25) is 0 Å². The maximum absolute atomic E-state index is 12.3. The van der Waals surface area contributed by atoms with E-state index in [1.54, 1.807) is 38.1 Å². The molecule has 0 bridgehead atoms. The predicted octanol–water partition coefficient (Wildman–Crippen LogP) is 2.59. The summed E-state index contributed by atoms with van der Waals surface area (Å²) in [4.78, 5) is 36.0. The van der Waals surface area contributed by atoms with Crippen molar-refractivity contribution in [2.75, 3.05) is 11.1 Å². The zero-order chi connectivity index (χ0) is 20.2. The normalized spacial score (nSPS) is 18.1. The molecule has 0 aromatic heterocycles. The summed E-state index contributed by atoms with van der Waals surface area (Å²) in [6, 6.07) is 10.6. The van der Waals surface area contributed by atoms with Gasteiger partial charge in [-0.3, -0.25) is 14.4 Å². The molecule has 0 aliphatic carbocycles. The van der Waals surface area contributed by atoms with E-state index < -0.39 is 17.2 Å². The molecule has 1 atom stereocenters. The second-order valence-corrected chi connectivity index (χ2v) is 7.51. The molecule has 1 aromatic carbocycles. The van der Waals surface area contributed by atoms with E-state index in [1.165, 1.54) is 6.92 Å². The van der Waals surface area contributed by atoms with Gasteiger partial charge in [-0.1, -0.05) is 37.7 Å². The van der Waals surface area contributed by atoms with Crippen molar-refractivity contribution in [2.45, 2.75) is 20.8 Å². The van der Waals surface area contributed by atoms with E-state index in [1.807, 2.05) is 12.1 Å². The number of ketones is 1. The fourth-order valence-corrected chi connectivity index (χ4v) is 3.73. The number of allylic oxidation sites excluding steroid dienone is 1. The lowest BCUT2D eigenvalue weighted by Gasteiger charge is -2.34. The van der Waals surface area contributed by atoms with Gasteiger partial charge in [-0.2, -0.15) is 10.5 Å². The number of Topliss-reactive ketones (excluding diaryl/α,β-unsaturated/α-hetero) is 1. The van der Waals surface area contributed by atoms with E-state index in [0.717, 1.165) is 11.8 Å². The smallest absolute Gasteiger partial charge is 0.243 e. The molecule has 27 heavy (non-hydrogen) atoms. The van der Waals surface area contributed by atoms with Crippen molar-refractivity contribution in [1.29, 1.82) is 10.5 Å². The minimum Gasteiger partial charge on any atom is -0.325 e. The van der Waals surface area contributed by atoms with Gasteiger partial charge in [0.25, 0.3) is 0 Å². The molecule has 0 unspecified atom stereocenters. The number of carbonyl (C=O) groups excluding carboxylic acids is 3. The highest BCUT2D eigenvalue weighted by atomic mass is 32.2. The van der Waals surface area contributed by atoms with Gasteiger partial charge in [0, 0.05) is 11.0 Å². The summed E-state index contributed by atoms with van der Waals surface area (Å²) in [5, 5.41) is 24.2. The first-order chi connectivity index (χ1) is 12.7. The van der Waals surface area contributed by atoms with Gasteiger partial charge < -0.3 is 10.6 Å². The summed E-state index contributed by atoms with van der Waals surface area (Å²) in [6.07, 6.45) is 0. The molecule has 0 spiro atoms.